The van der Waals surface area contributed by atoms with Gasteiger partial charge in [-0.1, -0.05) is 41.9 Å². The molecule has 3 rings (SSSR count). The lowest BCUT2D eigenvalue weighted by Crippen LogP contribution is -1.97. The molecule has 0 spiro atoms. The smallest absolute Gasteiger partial charge is 0.0681 e. The highest BCUT2D eigenvalue weighted by molar-refractivity contribution is 7.19. The summed E-state index contributed by atoms with van der Waals surface area (Å²) in [5.41, 5.74) is 1.94. The average Bonchev–Trinajstić information content (AvgIpc) is 2.83. The fourth-order valence-electron chi connectivity index (χ4n) is 2.09. The van der Waals surface area contributed by atoms with Crippen LogP contribution in [0.3, 0.4) is 0 Å². The Kier molecular flexibility index (Phi) is 3.92. The predicted molar refractivity (Wildman–Crippen MR) is 86.5 cm³/mol. The van der Waals surface area contributed by atoms with Crippen LogP contribution in [-0.2, 0) is 13.2 Å². The van der Waals surface area contributed by atoms with Crippen LogP contribution in [0.1, 0.15) is 10.4 Å². The number of aliphatic hydroxyl groups is 1. The Labute approximate surface area is 126 Å². The van der Waals surface area contributed by atoms with Crippen molar-refractivity contribution in [3.63, 3.8) is 0 Å². The summed E-state index contributed by atoms with van der Waals surface area (Å²) in [7, 11) is 0. The molecule has 3 aromatic rings. The van der Waals surface area contributed by atoms with Crippen LogP contribution in [0.4, 0.5) is 5.69 Å². The number of hydrogen-bond acceptors (Lipinski definition) is 3. The Morgan fingerprint density at radius 1 is 1.05 bits per heavy atom. The summed E-state index contributed by atoms with van der Waals surface area (Å²) in [5, 5.41) is 14.3. The molecule has 0 bridgehead atoms. The molecule has 0 aliphatic rings. The minimum atomic E-state index is 0.0718. The van der Waals surface area contributed by atoms with E-state index in [0.717, 1.165) is 26.5 Å². The van der Waals surface area contributed by atoms with Gasteiger partial charge >= 0.3 is 0 Å². The van der Waals surface area contributed by atoms with Crippen LogP contribution in [0.5, 0.6) is 0 Å². The monoisotopic (exact) mass is 303 g/mol. The summed E-state index contributed by atoms with van der Waals surface area (Å²) in [6.45, 7) is 0.777. The normalized spacial score (nSPS) is 10.9. The fraction of sp³-hybridized carbons (Fsp3) is 0.125. The average molecular weight is 304 g/mol. The van der Waals surface area contributed by atoms with Crippen molar-refractivity contribution < 1.29 is 5.11 Å². The van der Waals surface area contributed by atoms with Crippen molar-refractivity contribution >= 4 is 38.7 Å². The van der Waals surface area contributed by atoms with Crippen LogP contribution in [0.15, 0.2) is 48.5 Å². The molecule has 2 aromatic carbocycles. The van der Waals surface area contributed by atoms with E-state index in [9.17, 15) is 0 Å². The number of rotatable bonds is 4. The van der Waals surface area contributed by atoms with E-state index < -0.39 is 0 Å². The zero-order chi connectivity index (χ0) is 13.9. The van der Waals surface area contributed by atoms with Gasteiger partial charge in [0.25, 0.3) is 0 Å². The molecule has 102 valence electrons. The molecule has 4 heteroatoms. The second kappa shape index (κ2) is 5.83. The lowest BCUT2D eigenvalue weighted by atomic mass is 10.2. The van der Waals surface area contributed by atoms with Gasteiger partial charge in [0.05, 0.1) is 18.2 Å². The minimum absolute atomic E-state index is 0.0718. The molecule has 0 unspecified atom stereocenters. The molecule has 1 heterocycles. The Morgan fingerprint density at radius 2 is 1.80 bits per heavy atom. The molecule has 0 aliphatic carbocycles. The van der Waals surface area contributed by atoms with E-state index in [1.165, 1.54) is 4.70 Å². The van der Waals surface area contributed by atoms with E-state index in [1.54, 1.807) is 11.3 Å². The van der Waals surface area contributed by atoms with Crippen LogP contribution >= 0.6 is 22.9 Å². The number of fused-ring (bicyclic) bond motifs is 1. The number of nitrogens with one attached hydrogen (secondary N) is 1. The Hall–Kier alpha value is -1.55. The maximum Gasteiger partial charge on any atom is 0.0681 e. The number of anilines is 1. The maximum atomic E-state index is 9.02. The van der Waals surface area contributed by atoms with E-state index in [1.807, 2.05) is 42.5 Å². The fourth-order valence-corrected chi connectivity index (χ4v) is 3.53. The number of hydrogen-bond donors (Lipinski definition) is 2. The van der Waals surface area contributed by atoms with E-state index >= 15 is 0 Å². The molecule has 2 nitrogen and oxygen atoms in total. The van der Waals surface area contributed by atoms with E-state index in [2.05, 4.69) is 11.4 Å². The summed E-state index contributed by atoms with van der Waals surface area (Å²) in [6, 6.07) is 15.9. The van der Waals surface area contributed by atoms with Crippen molar-refractivity contribution in [2.45, 2.75) is 13.2 Å². The largest absolute Gasteiger partial charge is 0.392 e. The summed E-state index contributed by atoms with van der Waals surface area (Å²) in [6.07, 6.45) is 0. The summed E-state index contributed by atoms with van der Waals surface area (Å²) in [5.74, 6) is 0. The van der Waals surface area contributed by atoms with Gasteiger partial charge in [0.15, 0.2) is 0 Å². The van der Waals surface area contributed by atoms with Gasteiger partial charge in [0.2, 0.25) is 0 Å². The van der Waals surface area contributed by atoms with Crippen LogP contribution in [0, 0.1) is 0 Å². The maximum absolute atomic E-state index is 9.02. The first kappa shape index (κ1) is 13.4. The molecule has 0 fully saturated rings. The Morgan fingerprint density at radius 3 is 2.50 bits per heavy atom. The van der Waals surface area contributed by atoms with Gasteiger partial charge in [0.1, 0.15) is 0 Å². The quantitative estimate of drug-likeness (QED) is 0.735. The van der Waals surface area contributed by atoms with Crippen LogP contribution in [0.25, 0.3) is 10.1 Å². The first-order valence-corrected chi connectivity index (χ1v) is 7.57. The molecular weight excluding hydrogens is 290 g/mol. The topological polar surface area (TPSA) is 32.3 Å². The molecule has 0 atom stereocenters. The zero-order valence-corrected chi connectivity index (χ0v) is 12.3. The predicted octanol–water partition coefficient (Wildman–Crippen LogP) is 4.66. The first-order valence-electron chi connectivity index (χ1n) is 6.37. The SMILES string of the molecule is OCc1ccc(NCc2sc3ccccc3c2Cl)cc1. The van der Waals surface area contributed by atoms with Crippen LogP contribution in [0.2, 0.25) is 5.02 Å². The highest BCUT2D eigenvalue weighted by atomic mass is 35.5. The number of aliphatic hydroxyl groups excluding tert-OH is 1. The van der Waals surface area contributed by atoms with Gasteiger partial charge in [-0.3, -0.25) is 0 Å². The molecule has 20 heavy (non-hydrogen) atoms. The first-order chi connectivity index (χ1) is 9.78. The van der Waals surface area contributed by atoms with Gasteiger partial charge in [0, 0.05) is 20.7 Å². The summed E-state index contributed by atoms with van der Waals surface area (Å²) < 4.78 is 1.21. The van der Waals surface area contributed by atoms with Crippen molar-refractivity contribution in [1.29, 1.82) is 0 Å². The molecular formula is C16H14ClNOS. The molecule has 1 aromatic heterocycles. The van der Waals surface area contributed by atoms with Gasteiger partial charge in [-0.15, -0.1) is 11.3 Å². The standard InChI is InChI=1S/C16H14ClNOS/c17-16-13-3-1-2-4-14(13)20-15(16)9-18-12-7-5-11(10-19)6-8-12/h1-8,18-19H,9-10H2. The van der Waals surface area contributed by atoms with Gasteiger partial charge in [-0.05, 0) is 23.8 Å². The van der Waals surface area contributed by atoms with Crippen molar-refractivity contribution in [2.75, 3.05) is 5.32 Å². The van der Waals surface area contributed by atoms with E-state index in [4.69, 9.17) is 16.7 Å². The zero-order valence-electron chi connectivity index (χ0n) is 10.8. The molecule has 0 saturated heterocycles. The van der Waals surface area contributed by atoms with Crippen LogP contribution < -0.4 is 5.32 Å². The Bertz CT molecular complexity index is 721. The highest BCUT2D eigenvalue weighted by Crippen LogP contribution is 2.35. The third-order valence-corrected chi connectivity index (χ3v) is 4.91. The third kappa shape index (κ3) is 2.66. The van der Waals surface area contributed by atoms with Gasteiger partial charge in [-0.2, -0.15) is 0 Å². The van der Waals surface area contributed by atoms with Crippen LogP contribution in [-0.4, -0.2) is 5.11 Å². The van der Waals surface area contributed by atoms with E-state index in [-0.39, 0.29) is 6.61 Å². The second-order valence-corrected chi connectivity index (χ2v) is 6.06. The van der Waals surface area contributed by atoms with Crippen molar-refractivity contribution in [1.82, 2.24) is 0 Å². The van der Waals surface area contributed by atoms with Gasteiger partial charge < -0.3 is 10.4 Å². The number of halogens is 1. The summed E-state index contributed by atoms with van der Waals surface area (Å²) >= 11 is 8.12. The molecule has 2 N–H and O–H groups in total. The molecule has 0 radical (unpaired) electrons. The third-order valence-electron chi connectivity index (χ3n) is 3.19. The molecule has 0 amide bonds. The van der Waals surface area contributed by atoms with Crippen molar-refractivity contribution in [2.24, 2.45) is 0 Å². The molecule has 0 saturated carbocycles. The summed E-state index contributed by atoms with van der Waals surface area (Å²) in [4.78, 5) is 1.14. The number of benzene rings is 2. The minimum Gasteiger partial charge on any atom is -0.392 e. The highest BCUT2D eigenvalue weighted by Gasteiger charge is 2.09. The second-order valence-electron chi connectivity index (χ2n) is 4.54. The molecule has 0 aliphatic heterocycles. The lowest BCUT2D eigenvalue weighted by molar-refractivity contribution is 0.282. The number of thiophene rings is 1. The van der Waals surface area contributed by atoms with E-state index in [0.29, 0.717) is 6.54 Å². The van der Waals surface area contributed by atoms with Gasteiger partial charge in [-0.25, -0.2) is 0 Å². The van der Waals surface area contributed by atoms with Crippen molar-refractivity contribution in [3.05, 3.63) is 64.0 Å². The van der Waals surface area contributed by atoms with Crippen molar-refractivity contribution in [3.8, 4) is 0 Å². The Balaban J connectivity index is 1.77. The lowest BCUT2D eigenvalue weighted by Gasteiger charge is -2.06.